The number of amides is 1. The highest BCUT2D eigenvalue weighted by molar-refractivity contribution is 5.97. The maximum atomic E-state index is 11.5. The van der Waals surface area contributed by atoms with Crippen LogP contribution in [0, 0.1) is 0 Å². The number of benzene rings is 1. The van der Waals surface area contributed by atoms with E-state index in [1.807, 2.05) is 18.2 Å². The van der Waals surface area contributed by atoms with Crippen LogP contribution in [0.4, 0.5) is 5.69 Å². The van der Waals surface area contributed by atoms with Crippen molar-refractivity contribution < 1.29 is 14.3 Å². The molecule has 1 N–H and O–H groups in total. The largest absolute Gasteiger partial charge is 0.479 e. The Labute approximate surface area is 106 Å². The quantitative estimate of drug-likeness (QED) is 0.888. The molecule has 0 bridgehead atoms. The first-order chi connectivity index (χ1) is 8.56. The van der Waals surface area contributed by atoms with Crippen LogP contribution in [-0.4, -0.2) is 17.8 Å². The van der Waals surface area contributed by atoms with E-state index in [1.165, 1.54) is 0 Å². The Balaban J connectivity index is 2.05. The lowest BCUT2D eigenvalue weighted by Gasteiger charge is -2.23. The predicted octanol–water partition coefficient (Wildman–Crippen LogP) is 2.32. The summed E-state index contributed by atoms with van der Waals surface area (Å²) in [7, 11) is 0. The molecule has 0 spiro atoms. The van der Waals surface area contributed by atoms with E-state index in [2.05, 4.69) is 5.32 Å². The topological polar surface area (TPSA) is 55.4 Å². The summed E-state index contributed by atoms with van der Waals surface area (Å²) < 4.78 is 5.48. The van der Waals surface area contributed by atoms with Crippen LogP contribution in [0.1, 0.15) is 32.3 Å². The minimum Gasteiger partial charge on any atom is -0.479 e. The van der Waals surface area contributed by atoms with Gasteiger partial charge in [-0.25, -0.2) is 0 Å². The second-order valence-corrected chi connectivity index (χ2v) is 4.64. The SMILES string of the molecule is CC(=O)CCCc1ccc2c(c1)NC(=O)C(C)O2. The second-order valence-electron chi connectivity index (χ2n) is 4.64. The number of anilines is 1. The third-order valence-corrected chi connectivity index (χ3v) is 2.97. The van der Waals surface area contributed by atoms with Crippen LogP contribution in [0.5, 0.6) is 5.75 Å². The molecule has 0 radical (unpaired) electrons. The maximum Gasteiger partial charge on any atom is 0.265 e. The van der Waals surface area contributed by atoms with Crippen molar-refractivity contribution in [1.29, 1.82) is 0 Å². The van der Waals surface area contributed by atoms with Gasteiger partial charge in [0.15, 0.2) is 6.10 Å². The first-order valence-corrected chi connectivity index (χ1v) is 6.16. The third-order valence-electron chi connectivity index (χ3n) is 2.97. The van der Waals surface area contributed by atoms with Gasteiger partial charge in [-0.05, 0) is 44.4 Å². The molecule has 18 heavy (non-hydrogen) atoms. The van der Waals surface area contributed by atoms with E-state index in [-0.39, 0.29) is 11.7 Å². The van der Waals surface area contributed by atoms with Gasteiger partial charge in [-0.3, -0.25) is 4.79 Å². The van der Waals surface area contributed by atoms with E-state index in [0.29, 0.717) is 12.2 Å². The molecule has 0 aliphatic carbocycles. The molecule has 0 saturated heterocycles. The zero-order valence-corrected chi connectivity index (χ0v) is 10.7. The average molecular weight is 247 g/mol. The van der Waals surface area contributed by atoms with Crippen LogP contribution in [0.3, 0.4) is 0 Å². The van der Waals surface area contributed by atoms with Crippen molar-refractivity contribution in [3.63, 3.8) is 0 Å². The van der Waals surface area contributed by atoms with Gasteiger partial charge in [0.1, 0.15) is 11.5 Å². The van der Waals surface area contributed by atoms with Crippen molar-refractivity contribution >= 4 is 17.4 Å². The summed E-state index contributed by atoms with van der Waals surface area (Å²) in [5, 5.41) is 2.82. The third kappa shape index (κ3) is 2.88. The highest BCUT2D eigenvalue weighted by Gasteiger charge is 2.23. The minimum absolute atomic E-state index is 0.122. The first kappa shape index (κ1) is 12.6. The molecule has 2 rings (SSSR count). The number of carbonyl (C=O) groups is 2. The van der Waals surface area contributed by atoms with Gasteiger partial charge in [0.2, 0.25) is 0 Å². The van der Waals surface area contributed by atoms with E-state index in [9.17, 15) is 9.59 Å². The van der Waals surface area contributed by atoms with Crippen molar-refractivity contribution in [2.45, 2.75) is 39.2 Å². The normalized spacial score (nSPS) is 17.7. The highest BCUT2D eigenvalue weighted by Crippen LogP contribution is 2.30. The summed E-state index contributed by atoms with van der Waals surface area (Å²) >= 11 is 0. The number of rotatable bonds is 4. The van der Waals surface area contributed by atoms with Crippen molar-refractivity contribution in [3.05, 3.63) is 23.8 Å². The van der Waals surface area contributed by atoms with E-state index >= 15 is 0 Å². The molecule has 4 nitrogen and oxygen atoms in total. The number of hydrogen-bond donors (Lipinski definition) is 1. The predicted molar refractivity (Wildman–Crippen MR) is 68.8 cm³/mol. The Morgan fingerprint density at radius 2 is 2.22 bits per heavy atom. The lowest BCUT2D eigenvalue weighted by molar-refractivity contribution is -0.122. The highest BCUT2D eigenvalue weighted by atomic mass is 16.5. The smallest absolute Gasteiger partial charge is 0.265 e. The number of nitrogens with one attached hydrogen (secondary N) is 1. The van der Waals surface area contributed by atoms with Crippen molar-refractivity contribution in [2.75, 3.05) is 5.32 Å². The van der Waals surface area contributed by atoms with Crippen LogP contribution < -0.4 is 10.1 Å². The second kappa shape index (κ2) is 5.21. The van der Waals surface area contributed by atoms with E-state index in [4.69, 9.17) is 4.74 Å². The summed E-state index contributed by atoms with van der Waals surface area (Å²) in [6, 6.07) is 5.76. The molecule has 96 valence electrons. The molecule has 0 aromatic heterocycles. The molecule has 1 aromatic rings. The number of ketones is 1. The molecule has 0 saturated carbocycles. The van der Waals surface area contributed by atoms with E-state index < -0.39 is 6.10 Å². The molecule has 1 aliphatic heterocycles. The van der Waals surface area contributed by atoms with Gasteiger partial charge in [0, 0.05) is 6.42 Å². The van der Waals surface area contributed by atoms with Gasteiger partial charge in [-0.15, -0.1) is 0 Å². The number of aryl methyl sites for hydroxylation is 1. The lowest BCUT2D eigenvalue weighted by atomic mass is 10.1. The number of hydrogen-bond acceptors (Lipinski definition) is 3. The fraction of sp³-hybridized carbons (Fsp3) is 0.429. The van der Waals surface area contributed by atoms with Gasteiger partial charge in [-0.2, -0.15) is 0 Å². The Bertz CT molecular complexity index is 482. The van der Waals surface area contributed by atoms with Crippen LogP contribution in [-0.2, 0) is 16.0 Å². The van der Waals surface area contributed by atoms with Crippen molar-refractivity contribution in [3.8, 4) is 5.75 Å². The van der Waals surface area contributed by atoms with Gasteiger partial charge in [0.25, 0.3) is 5.91 Å². The fourth-order valence-electron chi connectivity index (χ4n) is 1.95. The fourth-order valence-corrected chi connectivity index (χ4v) is 1.95. The molecule has 1 unspecified atom stereocenters. The summed E-state index contributed by atoms with van der Waals surface area (Å²) in [4.78, 5) is 22.4. The van der Waals surface area contributed by atoms with Crippen LogP contribution >= 0.6 is 0 Å². The van der Waals surface area contributed by atoms with Crippen molar-refractivity contribution in [2.24, 2.45) is 0 Å². The zero-order valence-electron chi connectivity index (χ0n) is 10.7. The molecule has 1 heterocycles. The molecule has 1 atom stereocenters. The number of Topliss-reactive ketones (excluding diaryl/α,β-unsaturated/α-hetero) is 1. The van der Waals surface area contributed by atoms with E-state index in [1.54, 1.807) is 13.8 Å². The standard InChI is InChI=1S/C14H17NO3/c1-9(16)4-3-5-11-6-7-13-12(8-11)15-14(17)10(2)18-13/h6-8,10H,3-5H2,1-2H3,(H,15,17). The first-order valence-electron chi connectivity index (χ1n) is 6.16. The van der Waals surface area contributed by atoms with Gasteiger partial charge >= 0.3 is 0 Å². The molecule has 1 aromatic carbocycles. The Morgan fingerprint density at radius 3 is 2.94 bits per heavy atom. The molecular weight excluding hydrogens is 230 g/mol. The molecule has 1 amide bonds. The Kier molecular flexibility index (Phi) is 3.65. The minimum atomic E-state index is -0.443. The number of carbonyl (C=O) groups excluding carboxylic acids is 2. The molecule has 1 aliphatic rings. The van der Waals surface area contributed by atoms with Gasteiger partial charge in [0.05, 0.1) is 5.69 Å². The van der Waals surface area contributed by atoms with Gasteiger partial charge < -0.3 is 14.8 Å². The summed E-state index contributed by atoms with van der Waals surface area (Å²) in [6.45, 7) is 3.32. The number of ether oxygens (including phenoxy) is 1. The van der Waals surface area contributed by atoms with Gasteiger partial charge in [-0.1, -0.05) is 6.07 Å². The summed E-state index contributed by atoms with van der Waals surface area (Å²) in [5.74, 6) is 0.791. The molecule has 0 fully saturated rings. The van der Waals surface area contributed by atoms with Crippen LogP contribution in [0.25, 0.3) is 0 Å². The summed E-state index contributed by atoms with van der Waals surface area (Å²) in [5.41, 5.74) is 1.83. The maximum absolute atomic E-state index is 11.5. The average Bonchev–Trinajstić information content (AvgIpc) is 2.30. The Hall–Kier alpha value is -1.84. The van der Waals surface area contributed by atoms with E-state index in [0.717, 1.165) is 24.1 Å². The van der Waals surface area contributed by atoms with Crippen LogP contribution in [0.2, 0.25) is 0 Å². The molecular formula is C14H17NO3. The lowest BCUT2D eigenvalue weighted by Crippen LogP contribution is -2.34. The summed E-state index contributed by atoms with van der Waals surface area (Å²) in [6.07, 6.45) is 1.82. The Morgan fingerprint density at radius 1 is 1.44 bits per heavy atom. The molecule has 4 heteroatoms. The van der Waals surface area contributed by atoms with Crippen molar-refractivity contribution in [1.82, 2.24) is 0 Å². The zero-order chi connectivity index (χ0) is 13.1. The monoisotopic (exact) mass is 247 g/mol. The number of fused-ring (bicyclic) bond motifs is 1. The van der Waals surface area contributed by atoms with Crippen LogP contribution in [0.15, 0.2) is 18.2 Å².